The maximum atomic E-state index is 12.1. The molecule has 2 rings (SSSR count). The Morgan fingerprint density at radius 2 is 1.77 bits per heavy atom. The molecule has 0 heterocycles. The van der Waals surface area contributed by atoms with E-state index in [1.165, 1.54) is 0 Å². The van der Waals surface area contributed by atoms with Crippen LogP contribution in [0.4, 0.5) is 16.2 Å². The molecule has 0 aromatic heterocycles. The monoisotopic (exact) mass is 338 g/mol. The summed E-state index contributed by atoms with van der Waals surface area (Å²) in [5.41, 5.74) is 1.14. The summed E-state index contributed by atoms with van der Waals surface area (Å²) in [7, 11) is 0. The lowest BCUT2D eigenvalue weighted by Crippen LogP contribution is -2.20. The Balaban J connectivity index is 2.07. The molecule has 116 valence electrons. The molecule has 2 N–H and O–H groups in total. The molecule has 0 aliphatic carbocycles. The molecule has 6 heteroatoms. The highest BCUT2D eigenvalue weighted by Gasteiger charge is 2.09. The molecule has 22 heavy (non-hydrogen) atoms. The van der Waals surface area contributed by atoms with Gasteiger partial charge in [-0.3, -0.25) is 0 Å². The average Bonchev–Trinajstić information content (AvgIpc) is 2.44. The fourth-order valence-electron chi connectivity index (χ4n) is 1.79. The molecule has 2 aromatic carbocycles. The normalized spacial score (nSPS) is 10.4. The van der Waals surface area contributed by atoms with Crippen LogP contribution >= 0.6 is 23.2 Å². The maximum Gasteiger partial charge on any atom is 0.323 e. The van der Waals surface area contributed by atoms with Crippen molar-refractivity contribution in [2.75, 3.05) is 10.6 Å². The van der Waals surface area contributed by atoms with Crippen molar-refractivity contribution >= 4 is 40.6 Å². The molecule has 0 bridgehead atoms. The van der Waals surface area contributed by atoms with Gasteiger partial charge < -0.3 is 15.4 Å². The van der Waals surface area contributed by atoms with Gasteiger partial charge >= 0.3 is 6.03 Å². The molecule has 0 aliphatic heterocycles. The van der Waals surface area contributed by atoms with Gasteiger partial charge in [0, 0.05) is 5.69 Å². The number of nitrogens with one attached hydrogen (secondary N) is 2. The molecule has 0 radical (unpaired) electrons. The molecular formula is C16H16Cl2N2O2. The number of urea groups is 1. The quantitative estimate of drug-likeness (QED) is 0.781. The first-order valence-electron chi connectivity index (χ1n) is 6.74. The van der Waals surface area contributed by atoms with E-state index in [2.05, 4.69) is 10.6 Å². The zero-order valence-electron chi connectivity index (χ0n) is 12.2. The van der Waals surface area contributed by atoms with Gasteiger partial charge in [0.1, 0.15) is 5.75 Å². The summed E-state index contributed by atoms with van der Waals surface area (Å²) >= 11 is 11.8. The minimum Gasteiger partial charge on any atom is -0.489 e. The number of hydrogen-bond acceptors (Lipinski definition) is 2. The van der Waals surface area contributed by atoms with Crippen LogP contribution in [0.5, 0.6) is 5.75 Å². The van der Waals surface area contributed by atoms with Gasteiger partial charge in [-0.25, -0.2) is 4.79 Å². The highest BCUT2D eigenvalue weighted by molar-refractivity contribution is 6.42. The van der Waals surface area contributed by atoms with E-state index in [9.17, 15) is 4.79 Å². The van der Waals surface area contributed by atoms with Crippen molar-refractivity contribution in [3.8, 4) is 5.75 Å². The lowest BCUT2D eigenvalue weighted by atomic mass is 10.3. The van der Waals surface area contributed by atoms with E-state index in [0.717, 1.165) is 0 Å². The average molecular weight is 339 g/mol. The van der Waals surface area contributed by atoms with Gasteiger partial charge in [-0.15, -0.1) is 0 Å². The topological polar surface area (TPSA) is 50.4 Å². The minimum absolute atomic E-state index is 0.0149. The minimum atomic E-state index is -0.391. The van der Waals surface area contributed by atoms with Crippen molar-refractivity contribution in [1.29, 1.82) is 0 Å². The number of hydrogen-bond donors (Lipinski definition) is 2. The van der Waals surface area contributed by atoms with Crippen molar-refractivity contribution in [3.05, 3.63) is 52.5 Å². The van der Waals surface area contributed by atoms with Crippen LogP contribution in [0.3, 0.4) is 0 Å². The Kier molecular flexibility index (Phi) is 5.52. The number of anilines is 2. The molecule has 0 aliphatic rings. The first-order valence-corrected chi connectivity index (χ1v) is 7.50. The van der Waals surface area contributed by atoms with Crippen LogP contribution in [0, 0.1) is 0 Å². The summed E-state index contributed by atoms with van der Waals surface area (Å²) in [6.45, 7) is 3.85. The van der Waals surface area contributed by atoms with Crippen LogP contribution in [0.1, 0.15) is 13.8 Å². The smallest absolute Gasteiger partial charge is 0.323 e. The van der Waals surface area contributed by atoms with E-state index in [4.69, 9.17) is 27.9 Å². The van der Waals surface area contributed by atoms with Gasteiger partial charge in [-0.2, -0.15) is 0 Å². The fourth-order valence-corrected chi connectivity index (χ4v) is 2.08. The summed E-state index contributed by atoms with van der Waals surface area (Å²) in [5.74, 6) is 0.613. The number of para-hydroxylation sites is 2. The van der Waals surface area contributed by atoms with Crippen LogP contribution in [0.25, 0.3) is 0 Å². The molecule has 0 atom stereocenters. The van der Waals surface area contributed by atoms with E-state index in [-0.39, 0.29) is 6.10 Å². The highest BCUT2D eigenvalue weighted by Crippen LogP contribution is 2.27. The molecule has 4 nitrogen and oxygen atoms in total. The molecule has 0 saturated heterocycles. The molecule has 2 aromatic rings. The van der Waals surface area contributed by atoms with Crippen LogP contribution < -0.4 is 15.4 Å². The number of rotatable bonds is 4. The molecule has 0 saturated carbocycles. The number of ether oxygens (including phenoxy) is 1. The zero-order valence-corrected chi connectivity index (χ0v) is 13.7. The summed E-state index contributed by atoms with van der Waals surface area (Å²) in [5, 5.41) is 6.25. The third kappa shape index (κ3) is 4.55. The van der Waals surface area contributed by atoms with Crippen LogP contribution in [0.15, 0.2) is 42.5 Å². The van der Waals surface area contributed by atoms with Crippen molar-refractivity contribution in [1.82, 2.24) is 0 Å². The fraction of sp³-hybridized carbons (Fsp3) is 0.188. The van der Waals surface area contributed by atoms with E-state index >= 15 is 0 Å². The van der Waals surface area contributed by atoms with Crippen molar-refractivity contribution in [2.45, 2.75) is 20.0 Å². The summed E-state index contributed by atoms with van der Waals surface area (Å²) in [6.07, 6.45) is 0.0149. The van der Waals surface area contributed by atoms with Crippen LogP contribution in [0.2, 0.25) is 10.0 Å². The second-order valence-electron chi connectivity index (χ2n) is 4.87. The summed E-state index contributed by atoms with van der Waals surface area (Å²) < 4.78 is 5.65. The van der Waals surface area contributed by atoms with E-state index in [1.54, 1.807) is 30.3 Å². The largest absolute Gasteiger partial charge is 0.489 e. The summed E-state index contributed by atoms with van der Waals surface area (Å²) in [6, 6.07) is 11.7. The highest BCUT2D eigenvalue weighted by atomic mass is 35.5. The SMILES string of the molecule is CC(C)Oc1ccccc1NC(=O)Nc1ccc(Cl)c(Cl)c1. The molecule has 0 unspecified atom stereocenters. The predicted molar refractivity (Wildman–Crippen MR) is 91.3 cm³/mol. The van der Waals surface area contributed by atoms with Gasteiger partial charge in [-0.1, -0.05) is 35.3 Å². The predicted octanol–water partition coefficient (Wildman–Crippen LogP) is 5.42. The number of halogens is 2. The first-order chi connectivity index (χ1) is 10.5. The second-order valence-corrected chi connectivity index (χ2v) is 5.69. The van der Waals surface area contributed by atoms with E-state index in [0.29, 0.717) is 27.2 Å². The lowest BCUT2D eigenvalue weighted by Gasteiger charge is -2.15. The Labute approximate surface area is 139 Å². The van der Waals surface area contributed by atoms with Gasteiger partial charge in [0.15, 0.2) is 0 Å². The Morgan fingerprint density at radius 1 is 1.05 bits per heavy atom. The second kappa shape index (κ2) is 7.38. The van der Waals surface area contributed by atoms with Crippen LogP contribution in [-0.2, 0) is 0 Å². The summed E-state index contributed by atoms with van der Waals surface area (Å²) in [4.78, 5) is 12.1. The van der Waals surface area contributed by atoms with Crippen molar-refractivity contribution in [2.24, 2.45) is 0 Å². The van der Waals surface area contributed by atoms with Gasteiger partial charge in [0.2, 0.25) is 0 Å². The Bertz CT molecular complexity index is 675. The van der Waals surface area contributed by atoms with E-state index < -0.39 is 6.03 Å². The zero-order chi connectivity index (χ0) is 16.1. The van der Waals surface area contributed by atoms with Crippen molar-refractivity contribution < 1.29 is 9.53 Å². The standard InChI is InChI=1S/C16H16Cl2N2O2/c1-10(2)22-15-6-4-3-5-14(15)20-16(21)19-11-7-8-12(17)13(18)9-11/h3-10H,1-2H3,(H2,19,20,21). The van der Waals surface area contributed by atoms with Gasteiger partial charge in [-0.05, 0) is 44.2 Å². The van der Waals surface area contributed by atoms with Crippen LogP contribution in [-0.4, -0.2) is 12.1 Å². The number of amides is 2. The van der Waals surface area contributed by atoms with Crippen molar-refractivity contribution in [3.63, 3.8) is 0 Å². The third-order valence-corrected chi connectivity index (χ3v) is 3.41. The molecule has 0 fully saturated rings. The number of benzene rings is 2. The Hall–Kier alpha value is -1.91. The van der Waals surface area contributed by atoms with Gasteiger partial charge in [0.25, 0.3) is 0 Å². The van der Waals surface area contributed by atoms with E-state index in [1.807, 2.05) is 26.0 Å². The lowest BCUT2D eigenvalue weighted by molar-refractivity contribution is 0.243. The third-order valence-electron chi connectivity index (χ3n) is 2.68. The number of carbonyl (C=O) groups excluding carboxylic acids is 1. The molecular weight excluding hydrogens is 323 g/mol. The molecule has 0 spiro atoms. The number of carbonyl (C=O) groups is 1. The Morgan fingerprint density at radius 3 is 2.45 bits per heavy atom. The maximum absolute atomic E-state index is 12.1. The van der Waals surface area contributed by atoms with Gasteiger partial charge in [0.05, 0.1) is 21.8 Å². The molecule has 2 amide bonds. The first kappa shape index (κ1) is 16.5.